The molecule has 1 N–H and O–H groups in total. The second-order valence-electron chi connectivity index (χ2n) is 4.14. The third-order valence-electron chi connectivity index (χ3n) is 2.68. The molecule has 0 heterocycles. The van der Waals surface area contributed by atoms with Crippen molar-refractivity contribution in [3.05, 3.63) is 28.8 Å². The summed E-state index contributed by atoms with van der Waals surface area (Å²) in [5.74, 6) is 1.04. The number of likely N-dealkylation sites (N-methyl/N-ethyl adjacent to an activating group) is 1. The molecule has 1 aromatic carbocycles. The first-order valence-corrected chi connectivity index (χ1v) is 5.44. The van der Waals surface area contributed by atoms with E-state index in [1.165, 1.54) is 16.7 Å². The standard InChI is InChI=1S/C13H21NO/c1-9-6-7-10(2)13(12(9)4)15-11(3)8-14-5/h6-7,11,14H,8H2,1-5H3. The Morgan fingerprint density at radius 1 is 1.20 bits per heavy atom. The van der Waals surface area contributed by atoms with Crippen LogP contribution in [-0.2, 0) is 0 Å². The van der Waals surface area contributed by atoms with E-state index in [1.807, 2.05) is 7.05 Å². The maximum absolute atomic E-state index is 5.93. The maximum atomic E-state index is 5.93. The number of benzene rings is 1. The molecule has 15 heavy (non-hydrogen) atoms. The predicted octanol–water partition coefficient (Wildman–Crippen LogP) is 2.60. The maximum Gasteiger partial charge on any atom is 0.125 e. The van der Waals surface area contributed by atoms with Crippen LogP contribution in [0.25, 0.3) is 0 Å². The van der Waals surface area contributed by atoms with Gasteiger partial charge in [-0.2, -0.15) is 0 Å². The summed E-state index contributed by atoms with van der Waals surface area (Å²) in [7, 11) is 1.94. The van der Waals surface area contributed by atoms with E-state index in [0.29, 0.717) is 0 Å². The van der Waals surface area contributed by atoms with Crippen LogP contribution in [0.5, 0.6) is 5.75 Å². The third kappa shape index (κ3) is 2.96. The zero-order valence-corrected chi connectivity index (χ0v) is 10.3. The van der Waals surface area contributed by atoms with Crippen molar-refractivity contribution in [2.75, 3.05) is 13.6 Å². The fourth-order valence-corrected chi connectivity index (χ4v) is 1.64. The number of ether oxygens (including phenoxy) is 1. The van der Waals surface area contributed by atoms with Gasteiger partial charge in [0, 0.05) is 6.54 Å². The molecular formula is C13H21NO. The first-order valence-electron chi connectivity index (χ1n) is 5.44. The van der Waals surface area contributed by atoms with Crippen LogP contribution >= 0.6 is 0 Å². The smallest absolute Gasteiger partial charge is 0.125 e. The minimum Gasteiger partial charge on any atom is -0.489 e. The zero-order chi connectivity index (χ0) is 11.4. The summed E-state index contributed by atoms with van der Waals surface area (Å²) >= 11 is 0. The molecule has 2 heteroatoms. The van der Waals surface area contributed by atoms with Gasteiger partial charge >= 0.3 is 0 Å². The molecule has 1 aromatic rings. The second-order valence-corrected chi connectivity index (χ2v) is 4.14. The topological polar surface area (TPSA) is 21.3 Å². The van der Waals surface area contributed by atoms with E-state index in [2.05, 4.69) is 45.1 Å². The van der Waals surface area contributed by atoms with Crippen molar-refractivity contribution in [1.29, 1.82) is 0 Å². The molecule has 84 valence electrons. The van der Waals surface area contributed by atoms with Gasteiger partial charge in [0.2, 0.25) is 0 Å². The Balaban J connectivity index is 2.88. The van der Waals surface area contributed by atoms with Gasteiger partial charge in [0.1, 0.15) is 11.9 Å². The largest absolute Gasteiger partial charge is 0.489 e. The van der Waals surface area contributed by atoms with Crippen LogP contribution in [-0.4, -0.2) is 19.7 Å². The summed E-state index contributed by atoms with van der Waals surface area (Å²) in [5, 5.41) is 3.12. The van der Waals surface area contributed by atoms with Gasteiger partial charge in [-0.15, -0.1) is 0 Å². The molecule has 0 radical (unpaired) electrons. The van der Waals surface area contributed by atoms with Crippen LogP contribution in [0.1, 0.15) is 23.6 Å². The summed E-state index contributed by atoms with van der Waals surface area (Å²) in [6.45, 7) is 9.27. The van der Waals surface area contributed by atoms with E-state index < -0.39 is 0 Å². The van der Waals surface area contributed by atoms with Gasteiger partial charge in [-0.1, -0.05) is 12.1 Å². The molecule has 0 aromatic heterocycles. The molecule has 0 aliphatic heterocycles. The second kappa shape index (κ2) is 5.17. The molecule has 1 atom stereocenters. The van der Waals surface area contributed by atoms with E-state index in [4.69, 9.17) is 4.74 Å². The van der Waals surface area contributed by atoms with Crippen molar-refractivity contribution in [3.8, 4) is 5.75 Å². The Morgan fingerprint density at radius 3 is 2.40 bits per heavy atom. The lowest BCUT2D eigenvalue weighted by Crippen LogP contribution is -2.26. The van der Waals surface area contributed by atoms with Crippen molar-refractivity contribution in [1.82, 2.24) is 5.32 Å². The molecule has 2 nitrogen and oxygen atoms in total. The number of nitrogens with one attached hydrogen (secondary N) is 1. The van der Waals surface area contributed by atoms with Crippen LogP contribution in [0.2, 0.25) is 0 Å². The zero-order valence-electron chi connectivity index (χ0n) is 10.3. The highest BCUT2D eigenvalue weighted by Crippen LogP contribution is 2.26. The molecule has 0 saturated heterocycles. The van der Waals surface area contributed by atoms with Crippen molar-refractivity contribution in [2.24, 2.45) is 0 Å². The fourth-order valence-electron chi connectivity index (χ4n) is 1.64. The predicted molar refractivity (Wildman–Crippen MR) is 64.7 cm³/mol. The van der Waals surface area contributed by atoms with E-state index >= 15 is 0 Å². The Kier molecular flexibility index (Phi) is 4.15. The number of rotatable bonds is 4. The van der Waals surface area contributed by atoms with Gasteiger partial charge in [-0.3, -0.25) is 0 Å². The average Bonchev–Trinajstić information content (AvgIpc) is 2.19. The molecule has 0 saturated carbocycles. The number of hydrogen-bond acceptors (Lipinski definition) is 2. The summed E-state index contributed by atoms with van der Waals surface area (Å²) in [5.41, 5.74) is 3.74. The highest BCUT2D eigenvalue weighted by atomic mass is 16.5. The third-order valence-corrected chi connectivity index (χ3v) is 2.68. The van der Waals surface area contributed by atoms with E-state index in [0.717, 1.165) is 12.3 Å². The minimum atomic E-state index is 0.203. The summed E-state index contributed by atoms with van der Waals surface area (Å²) in [6, 6.07) is 4.25. The van der Waals surface area contributed by atoms with Gasteiger partial charge < -0.3 is 10.1 Å². The van der Waals surface area contributed by atoms with Crippen molar-refractivity contribution >= 4 is 0 Å². The van der Waals surface area contributed by atoms with E-state index in [-0.39, 0.29) is 6.10 Å². The van der Waals surface area contributed by atoms with Gasteiger partial charge in [0.25, 0.3) is 0 Å². The van der Waals surface area contributed by atoms with Gasteiger partial charge in [-0.25, -0.2) is 0 Å². The van der Waals surface area contributed by atoms with Crippen LogP contribution in [0.3, 0.4) is 0 Å². The quantitative estimate of drug-likeness (QED) is 0.819. The fraction of sp³-hybridized carbons (Fsp3) is 0.538. The average molecular weight is 207 g/mol. The Labute approximate surface area is 92.6 Å². The lowest BCUT2D eigenvalue weighted by Gasteiger charge is -2.19. The molecule has 0 bridgehead atoms. The van der Waals surface area contributed by atoms with Crippen LogP contribution in [0.15, 0.2) is 12.1 Å². The van der Waals surface area contributed by atoms with Crippen molar-refractivity contribution < 1.29 is 4.74 Å². The van der Waals surface area contributed by atoms with Crippen LogP contribution in [0.4, 0.5) is 0 Å². The van der Waals surface area contributed by atoms with Crippen molar-refractivity contribution in [2.45, 2.75) is 33.8 Å². The lowest BCUT2D eigenvalue weighted by atomic mass is 10.1. The normalized spacial score (nSPS) is 12.6. The minimum absolute atomic E-state index is 0.203. The van der Waals surface area contributed by atoms with Gasteiger partial charge in [-0.05, 0) is 51.4 Å². The van der Waals surface area contributed by atoms with Gasteiger partial charge in [0.15, 0.2) is 0 Å². The molecule has 0 amide bonds. The molecule has 0 aliphatic rings. The molecule has 1 rings (SSSR count). The van der Waals surface area contributed by atoms with Gasteiger partial charge in [0.05, 0.1) is 0 Å². The number of hydrogen-bond donors (Lipinski definition) is 1. The molecule has 1 unspecified atom stereocenters. The molecular weight excluding hydrogens is 186 g/mol. The number of aryl methyl sites for hydroxylation is 2. The SMILES string of the molecule is CNCC(C)Oc1c(C)ccc(C)c1C. The van der Waals surface area contributed by atoms with E-state index in [9.17, 15) is 0 Å². The lowest BCUT2D eigenvalue weighted by molar-refractivity contribution is 0.217. The van der Waals surface area contributed by atoms with E-state index in [1.54, 1.807) is 0 Å². The highest BCUT2D eigenvalue weighted by Gasteiger charge is 2.09. The van der Waals surface area contributed by atoms with Crippen molar-refractivity contribution in [3.63, 3.8) is 0 Å². The monoisotopic (exact) mass is 207 g/mol. The van der Waals surface area contributed by atoms with Crippen LogP contribution < -0.4 is 10.1 Å². The summed E-state index contributed by atoms with van der Waals surface area (Å²) in [4.78, 5) is 0. The molecule has 0 aliphatic carbocycles. The first-order chi connectivity index (χ1) is 7.06. The Hall–Kier alpha value is -1.02. The summed E-state index contributed by atoms with van der Waals surface area (Å²) < 4.78 is 5.93. The van der Waals surface area contributed by atoms with Crippen LogP contribution in [0, 0.1) is 20.8 Å². The molecule has 0 spiro atoms. The first kappa shape index (κ1) is 12.1. The summed E-state index contributed by atoms with van der Waals surface area (Å²) in [6.07, 6.45) is 0.203. The Morgan fingerprint density at radius 2 is 1.80 bits per heavy atom. The highest BCUT2D eigenvalue weighted by molar-refractivity contribution is 5.44. The molecule has 0 fully saturated rings. The Bertz CT molecular complexity index is 334.